The molecule has 1 saturated heterocycles. The minimum Gasteiger partial charge on any atom is -0.337 e. The molecule has 0 atom stereocenters. The van der Waals surface area contributed by atoms with Crippen molar-refractivity contribution in [1.82, 2.24) is 4.90 Å². The van der Waals surface area contributed by atoms with Gasteiger partial charge in [-0.1, -0.05) is 12.1 Å². The molecule has 1 aliphatic heterocycles. The summed E-state index contributed by atoms with van der Waals surface area (Å²) in [5.41, 5.74) is 1.14. The fourth-order valence-corrected chi connectivity index (χ4v) is 2.70. The molecule has 0 bridgehead atoms. The van der Waals surface area contributed by atoms with Gasteiger partial charge in [0, 0.05) is 24.6 Å². The van der Waals surface area contributed by atoms with Crippen molar-refractivity contribution in [2.24, 2.45) is 0 Å². The Bertz CT molecular complexity index is 417. The van der Waals surface area contributed by atoms with Gasteiger partial charge in [-0.15, -0.1) is 0 Å². The molecule has 0 aromatic heterocycles. The second kappa shape index (κ2) is 5.72. The number of hydrogen-bond donors (Lipinski definition) is 1. The Kier molecular flexibility index (Phi) is 4.03. The Balaban J connectivity index is 2.19. The lowest BCUT2D eigenvalue weighted by atomic mass is 10.1. The average Bonchev–Trinajstić information content (AvgIpc) is 2.40. The third-order valence-electron chi connectivity index (χ3n) is 2.67. The monoisotopic (exact) mass is 250 g/mol. The molecule has 4 nitrogen and oxygen atoms in total. The van der Waals surface area contributed by atoms with Crippen molar-refractivity contribution in [3.8, 4) is 0 Å². The number of para-hydroxylation sites is 1. The summed E-state index contributed by atoms with van der Waals surface area (Å²) in [6.07, 6.45) is 0.595. The van der Waals surface area contributed by atoms with E-state index in [0.717, 1.165) is 24.6 Å². The Labute approximate surface area is 104 Å². The molecule has 1 aliphatic rings. The predicted octanol–water partition coefficient (Wildman–Crippen LogP) is 1.44. The fourth-order valence-electron chi connectivity index (χ4n) is 1.80. The Hall–Kier alpha value is -1.49. The zero-order valence-electron chi connectivity index (χ0n) is 9.39. The van der Waals surface area contributed by atoms with E-state index in [1.165, 1.54) is 0 Å². The number of carbonyl (C=O) groups excluding carboxylic acids is 2. The molecule has 5 heteroatoms. The first-order chi connectivity index (χ1) is 8.33. The van der Waals surface area contributed by atoms with Crippen molar-refractivity contribution in [2.75, 3.05) is 29.9 Å². The van der Waals surface area contributed by atoms with E-state index in [4.69, 9.17) is 0 Å². The second-order valence-corrected chi connectivity index (χ2v) is 4.94. The first-order valence-electron chi connectivity index (χ1n) is 5.49. The van der Waals surface area contributed by atoms with E-state index in [0.29, 0.717) is 17.7 Å². The lowest BCUT2D eigenvalue weighted by Gasteiger charge is -2.27. The number of rotatable bonds is 3. The van der Waals surface area contributed by atoms with Gasteiger partial charge in [0.2, 0.25) is 6.41 Å². The van der Waals surface area contributed by atoms with E-state index in [-0.39, 0.29) is 5.91 Å². The molecule has 90 valence electrons. The van der Waals surface area contributed by atoms with Crippen LogP contribution < -0.4 is 5.32 Å². The van der Waals surface area contributed by atoms with Gasteiger partial charge in [0.15, 0.2) is 0 Å². The summed E-state index contributed by atoms with van der Waals surface area (Å²) in [7, 11) is 0. The minimum atomic E-state index is -0.00440. The largest absolute Gasteiger partial charge is 0.337 e. The molecule has 2 rings (SSSR count). The summed E-state index contributed by atoms with van der Waals surface area (Å²) in [5, 5.41) is 2.56. The Morgan fingerprint density at radius 3 is 2.71 bits per heavy atom. The van der Waals surface area contributed by atoms with Crippen molar-refractivity contribution in [2.45, 2.75) is 0 Å². The van der Waals surface area contributed by atoms with Crippen LogP contribution in [0, 0.1) is 0 Å². The molecule has 1 N–H and O–H groups in total. The summed E-state index contributed by atoms with van der Waals surface area (Å²) >= 11 is 1.86. The van der Waals surface area contributed by atoms with E-state index in [1.54, 1.807) is 18.2 Å². The highest BCUT2D eigenvalue weighted by Gasteiger charge is 2.20. The van der Waals surface area contributed by atoms with Crippen molar-refractivity contribution in [3.63, 3.8) is 0 Å². The van der Waals surface area contributed by atoms with Crippen molar-refractivity contribution in [1.29, 1.82) is 0 Å². The molecule has 1 fully saturated rings. The van der Waals surface area contributed by atoms with E-state index in [9.17, 15) is 9.59 Å². The lowest BCUT2D eigenvalue weighted by molar-refractivity contribution is -0.105. The quantitative estimate of drug-likeness (QED) is 0.826. The molecule has 0 radical (unpaired) electrons. The number of nitrogens with one attached hydrogen (secondary N) is 1. The van der Waals surface area contributed by atoms with Crippen LogP contribution in [0.2, 0.25) is 0 Å². The van der Waals surface area contributed by atoms with Crippen LogP contribution in [-0.2, 0) is 4.79 Å². The molecule has 2 amide bonds. The summed E-state index contributed by atoms with van der Waals surface area (Å²) in [5.74, 6) is 1.96. The molecule has 17 heavy (non-hydrogen) atoms. The first kappa shape index (κ1) is 12.0. The molecule has 1 heterocycles. The fraction of sp³-hybridized carbons (Fsp3) is 0.333. The van der Waals surface area contributed by atoms with Crippen LogP contribution in [0.25, 0.3) is 0 Å². The third-order valence-corrected chi connectivity index (χ3v) is 3.61. The number of thioether (sulfide) groups is 1. The van der Waals surface area contributed by atoms with Gasteiger partial charge in [0.25, 0.3) is 5.91 Å². The zero-order valence-corrected chi connectivity index (χ0v) is 10.2. The molecule has 0 spiro atoms. The van der Waals surface area contributed by atoms with Crippen LogP contribution in [0.4, 0.5) is 5.69 Å². The summed E-state index contributed by atoms with van der Waals surface area (Å²) in [6.45, 7) is 1.55. The van der Waals surface area contributed by atoms with Gasteiger partial charge in [0.05, 0.1) is 11.3 Å². The first-order valence-corrected chi connectivity index (χ1v) is 6.64. The van der Waals surface area contributed by atoms with Crippen molar-refractivity contribution in [3.05, 3.63) is 29.8 Å². The van der Waals surface area contributed by atoms with Crippen LogP contribution in [0.1, 0.15) is 10.4 Å². The SMILES string of the molecule is O=CNc1ccccc1C(=O)N1CCSCC1. The van der Waals surface area contributed by atoms with Crippen LogP contribution in [0.3, 0.4) is 0 Å². The minimum absolute atomic E-state index is 0.00440. The third kappa shape index (κ3) is 2.79. The number of amides is 2. The number of benzene rings is 1. The topological polar surface area (TPSA) is 49.4 Å². The Morgan fingerprint density at radius 1 is 1.29 bits per heavy atom. The maximum Gasteiger partial charge on any atom is 0.256 e. The van der Waals surface area contributed by atoms with Crippen molar-refractivity contribution >= 4 is 29.8 Å². The number of nitrogens with zero attached hydrogens (tertiary/aromatic N) is 1. The number of hydrogen-bond acceptors (Lipinski definition) is 3. The Morgan fingerprint density at radius 2 is 2.00 bits per heavy atom. The van der Waals surface area contributed by atoms with E-state index >= 15 is 0 Å². The number of anilines is 1. The summed E-state index contributed by atoms with van der Waals surface area (Å²) in [6, 6.07) is 7.09. The van der Waals surface area contributed by atoms with Crippen LogP contribution >= 0.6 is 11.8 Å². The van der Waals surface area contributed by atoms with Gasteiger partial charge in [-0.2, -0.15) is 11.8 Å². The van der Waals surface area contributed by atoms with Gasteiger partial charge < -0.3 is 10.2 Å². The van der Waals surface area contributed by atoms with E-state index in [2.05, 4.69) is 5.32 Å². The molecular formula is C12H14N2O2S. The summed E-state index contributed by atoms with van der Waals surface area (Å²) < 4.78 is 0. The molecule has 1 aromatic carbocycles. The van der Waals surface area contributed by atoms with Crippen LogP contribution in [0.5, 0.6) is 0 Å². The highest BCUT2D eigenvalue weighted by Crippen LogP contribution is 2.19. The van der Waals surface area contributed by atoms with Gasteiger partial charge in [-0.25, -0.2) is 0 Å². The predicted molar refractivity (Wildman–Crippen MR) is 69.4 cm³/mol. The van der Waals surface area contributed by atoms with E-state index < -0.39 is 0 Å². The summed E-state index contributed by atoms with van der Waals surface area (Å²) in [4.78, 5) is 24.6. The molecule has 0 unspecified atom stereocenters. The van der Waals surface area contributed by atoms with E-state index in [1.807, 2.05) is 22.7 Å². The highest BCUT2D eigenvalue weighted by atomic mass is 32.2. The van der Waals surface area contributed by atoms with Crippen LogP contribution in [-0.4, -0.2) is 41.8 Å². The smallest absolute Gasteiger partial charge is 0.256 e. The van der Waals surface area contributed by atoms with Crippen LogP contribution in [0.15, 0.2) is 24.3 Å². The molecular weight excluding hydrogens is 236 g/mol. The highest BCUT2D eigenvalue weighted by molar-refractivity contribution is 7.99. The van der Waals surface area contributed by atoms with Gasteiger partial charge in [-0.05, 0) is 12.1 Å². The average molecular weight is 250 g/mol. The number of carbonyl (C=O) groups is 2. The standard InChI is InChI=1S/C12H14N2O2S/c15-9-13-11-4-2-1-3-10(11)12(16)14-5-7-17-8-6-14/h1-4,9H,5-8H2,(H,13,15). The normalized spacial score (nSPS) is 15.4. The molecule has 0 aliphatic carbocycles. The van der Waals surface area contributed by atoms with Gasteiger partial charge in [-0.3, -0.25) is 9.59 Å². The molecule has 0 saturated carbocycles. The zero-order chi connectivity index (χ0) is 12.1. The second-order valence-electron chi connectivity index (χ2n) is 3.71. The maximum atomic E-state index is 12.3. The van der Waals surface area contributed by atoms with Gasteiger partial charge in [0.1, 0.15) is 0 Å². The maximum absolute atomic E-state index is 12.3. The lowest BCUT2D eigenvalue weighted by Crippen LogP contribution is -2.38. The van der Waals surface area contributed by atoms with Gasteiger partial charge >= 0.3 is 0 Å². The molecule has 1 aromatic rings. The van der Waals surface area contributed by atoms with Crippen molar-refractivity contribution < 1.29 is 9.59 Å².